The van der Waals surface area contributed by atoms with Crippen LogP contribution < -0.4 is 20.6 Å². The van der Waals surface area contributed by atoms with Crippen molar-refractivity contribution in [3.63, 3.8) is 0 Å². The number of rotatable bonds is 6. The van der Waals surface area contributed by atoms with Crippen LogP contribution in [0.3, 0.4) is 0 Å². The highest BCUT2D eigenvalue weighted by Gasteiger charge is 2.34. The summed E-state index contributed by atoms with van der Waals surface area (Å²) in [6.45, 7) is 3.28. The molecule has 11 heteroatoms. The van der Waals surface area contributed by atoms with Crippen LogP contribution in [0.5, 0.6) is 11.5 Å². The highest BCUT2D eigenvalue weighted by atomic mass is 16.6. The number of benzene rings is 1. The standard InChI is InChI=1S/C17H19N5O6/c1-7-13(16(23)20-18-7)15(14-8(2)19-21-17(14)24)9-5-11(27-3)12(28-4)6-10(9)22(25)26/h5-6,15H,1-4H3,(H2,18,20,23)(H2,19,21,24). The summed E-state index contributed by atoms with van der Waals surface area (Å²) in [5, 5.41) is 22.1. The summed E-state index contributed by atoms with van der Waals surface area (Å²) in [4.78, 5) is 36.2. The minimum Gasteiger partial charge on any atom is -0.493 e. The molecule has 0 aliphatic heterocycles. The van der Waals surface area contributed by atoms with Crippen molar-refractivity contribution in [3.8, 4) is 11.5 Å². The second kappa shape index (κ2) is 7.10. The number of H-pyrrole nitrogens is 4. The van der Waals surface area contributed by atoms with E-state index in [0.717, 1.165) is 0 Å². The topological polar surface area (TPSA) is 159 Å². The molecule has 0 aliphatic carbocycles. The minimum atomic E-state index is -1.01. The van der Waals surface area contributed by atoms with Gasteiger partial charge in [-0.2, -0.15) is 0 Å². The first-order valence-corrected chi connectivity index (χ1v) is 8.24. The number of nitro groups is 1. The van der Waals surface area contributed by atoms with Crippen LogP contribution in [0, 0.1) is 24.0 Å². The smallest absolute Gasteiger partial charge is 0.277 e. The molecular weight excluding hydrogens is 370 g/mol. The van der Waals surface area contributed by atoms with Crippen molar-refractivity contribution in [2.45, 2.75) is 19.8 Å². The summed E-state index contributed by atoms with van der Waals surface area (Å²) in [6, 6.07) is 2.63. The molecule has 0 bridgehead atoms. The fraction of sp³-hybridized carbons (Fsp3) is 0.294. The zero-order chi connectivity index (χ0) is 20.6. The number of aryl methyl sites for hydroxylation is 2. The molecular formula is C17H19N5O6. The van der Waals surface area contributed by atoms with Crippen molar-refractivity contribution in [1.29, 1.82) is 0 Å². The number of hydrogen-bond donors (Lipinski definition) is 4. The Morgan fingerprint density at radius 3 is 1.71 bits per heavy atom. The Hall–Kier alpha value is -3.76. The lowest BCUT2D eigenvalue weighted by Crippen LogP contribution is -2.21. The zero-order valence-corrected chi connectivity index (χ0v) is 15.6. The van der Waals surface area contributed by atoms with Gasteiger partial charge in [0, 0.05) is 17.0 Å². The van der Waals surface area contributed by atoms with Gasteiger partial charge in [-0.1, -0.05) is 0 Å². The fourth-order valence-electron chi connectivity index (χ4n) is 3.33. The molecule has 28 heavy (non-hydrogen) atoms. The molecule has 0 atom stereocenters. The Kier molecular flexibility index (Phi) is 4.82. The van der Waals surface area contributed by atoms with Gasteiger partial charge in [0.25, 0.3) is 16.8 Å². The molecule has 2 heterocycles. The molecule has 0 spiro atoms. The molecule has 3 rings (SSSR count). The van der Waals surface area contributed by atoms with Crippen LogP contribution in [0.25, 0.3) is 0 Å². The molecule has 0 aliphatic rings. The Labute approximate surface area is 157 Å². The summed E-state index contributed by atoms with van der Waals surface area (Å²) < 4.78 is 10.4. The lowest BCUT2D eigenvalue weighted by Gasteiger charge is -2.18. The first-order valence-electron chi connectivity index (χ1n) is 8.24. The molecule has 3 aromatic rings. The number of aromatic amines is 4. The Morgan fingerprint density at radius 1 is 0.893 bits per heavy atom. The van der Waals surface area contributed by atoms with Crippen LogP contribution in [0.4, 0.5) is 5.69 Å². The normalized spacial score (nSPS) is 11.0. The lowest BCUT2D eigenvalue weighted by molar-refractivity contribution is -0.385. The number of nitro benzene ring substituents is 1. The largest absolute Gasteiger partial charge is 0.493 e. The summed E-state index contributed by atoms with van der Waals surface area (Å²) in [5.41, 5.74) is 0.176. The van der Waals surface area contributed by atoms with Gasteiger partial charge in [-0.3, -0.25) is 29.9 Å². The number of hydrogen-bond acceptors (Lipinski definition) is 6. The quantitative estimate of drug-likeness (QED) is 0.369. The molecule has 0 saturated heterocycles. The SMILES string of the molecule is COc1cc(C(c2c(C)[nH][nH]c2=O)c2c(C)[nH][nH]c2=O)c([N+](=O)[O-])cc1OC. The van der Waals surface area contributed by atoms with Crippen molar-refractivity contribution in [1.82, 2.24) is 20.4 Å². The van der Waals surface area contributed by atoms with Gasteiger partial charge in [-0.25, -0.2) is 0 Å². The van der Waals surface area contributed by atoms with E-state index >= 15 is 0 Å². The van der Waals surface area contributed by atoms with E-state index < -0.39 is 22.0 Å². The van der Waals surface area contributed by atoms with Crippen LogP contribution in [-0.4, -0.2) is 39.5 Å². The van der Waals surface area contributed by atoms with Gasteiger partial charge < -0.3 is 19.7 Å². The van der Waals surface area contributed by atoms with Gasteiger partial charge >= 0.3 is 0 Å². The number of aromatic nitrogens is 4. The van der Waals surface area contributed by atoms with Crippen LogP contribution in [0.1, 0.15) is 34.0 Å². The average molecular weight is 389 g/mol. The first-order chi connectivity index (χ1) is 13.3. The number of nitrogens with zero attached hydrogens (tertiary/aromatic N) is 1. The van der Waals surface area contributed by atoms with Crippen molar-refractivity contribution in [3.05, 3.63) is 71.0 Å². The van der Waals surface area contributed by atoms with E-state index in [1.54, 1.807) is 13.8 Å². The molecule has 2 aromatic heterocycles. The Morgan fingerprint density at radius 2 is 1.36 bits per heavy atom. The van der Waals surface area contributed by atoms with E-state index in [4.69, 9.17) is 9.47 Å². The highest BCUT2D eigenvalue weighted by Crippen LogP contribution is 2.42. The van der Waals surface area contributed by atoms with Gasteiger partial charge in [-0.05, 0) is 19.9 Å². The van der Waals surface area contributed by atoms with Crippen LogP contribution in [0.2, 0.25) is 0 Å². The van der Waals surface area contributed by atoms with E-state index in [1.807, 2.05) is 0 Å². The molecule has 11 nitrogen and oxygen atoms in total. The van der Waals surface area contributed by atoms with E-state index in [0.29, 0.717) is 11.4 Å². The van der Waals surface area contributed by atoms with Crippen molar-refractivity contribution in [2.24, 2.45) is 0 Å². The van der Waals surface area contributed by atoms with Crippen molar-refractivity contribution in [2.75, 3.05) is 14.2 Å². The van der Waals surface area contributed by atoms with Crippen LogP contribution in [-0.2, 0) is 0 Å². The van der Waals surface area contributed by atoms with E-state index in [2.05, 4.69) is 20.4 Å². The first kappa shape index (κ1) is 19.0. The Balaban J connectivity index is 2.45. The molecule has 148 valence electrons. The summed E-state index contributed by atoms with van der Waals surface area (Å²) >= 11 is 0. The summed E-state index contributed by atoms with van der Waals surface area (Å²) in [6.07, 6.45) is 0. The number of methoxy groups -OCH3 is 2. The minimum absolute atomic E-state index is 0.129. The fourth-order valence-corrected chi connectivity index (χ4v) is 3.33. The summed E-state index contributed by atoms with van der Waals surface area (Å²) in [5.74, 6) is -0.608. The van der Waals surface area contributed by atoms with Crippen LogP contribution in [0.15, 0.2) is 21.7 Å². The third kappa shape index (κ3) is 2.96. The van der Waals surface area contributed by atoms with Gasteiger partial charge in [0.05, 0.1) is 42.3 Å². The van der Waals surface area contributed by atoms with E-state index in [1.165, 1.54) is 26.4 Å². The third-order valence-electron chi connectivity index (χ3n) is 4.64. The molecule has 4 N–H and O–H groups in total. The van der Waals surface area contributed by atoms with E-state index in [9.17, 15) is 19.7 Å². The van der Waals surface area contributed by atoms with Crippen molar-refractivity contribution >= 4 is 5.69 Å². The molecule has 0 unspecified atom stereocenters. The molecule has 0 fully saturated rings. The molecule has 0 saturated carbocycles. The molecule has 0 amide bonds. The van der Waals surface area contributed by atoms with Crippen molar-refractivity contribution < 1.29 is 14.4 Å². The zero-order valence-electron chi connectivity index (χ0n) is 15.6. The van der Waals surface area contributed by atoms with Gasteiger partial charge in [0.1, 0.15) is 0 Å². The van der Waals surface area contributed by atoms with E-state index in [-0.39, 0.29) is 33.9 Å². The van der Waals surface area contributed by atoms with Crippen LogP contribution >= 0.6 is 0 Å². The molecule has 0 radical (unpaired) electrons. The number of ether oxygens (including phenoxy) is 2. The summed E-state index contributed by atoms with van der Waals surface area (Å²) in [7, 11) is 2.76. The van der Waals surface area contributed by atoms with Gasteiger partial charge in [0.15, 0.2) is 11.5 Å². The number of nitrogens with one attached hydrogen (secondary N) is 4. The average Bonchev–Trinajstić information content (AvgIpc) is 3.17. The van der Waals surface area contributed by atoms with Gasteiger partial charge in [-0.15, -0.1) is 0 Å². The predicted molar refractivity (Wildman–Crippen MR) is 99.4 cm³/mol. The lowest BCUT2D eigenvalue weighted by atomic mass is 9.84. The maximum absolute atomic E-state index is 12.5. The maximum atomic E-state index is 12.5. The predicted octanol–water partition coefficient (Wildman–Crippen LogP) is 1.44. The second-order valence-electron chi connectivity index (χ2n) is 6.19. The second-order valence-corrected chi connectivity index (χ2v) is 6.19. The monoisotopic (exact) mass is 389 g/mol. The molecule has 1 aromatic carbocycles. The van der Waals surface area contributed by atoms with Gasteiger partial charge in [0.2, 0.25) is 0 Å². The Bertz CT molecular complexity index is 1100. The maximum Gasteiger partial charge on any atom is 0.277 e. The third-order valence-corrected chi connectivity index (χ3v) is 4.64. The highest BCUT2D eigenvalue weighted by molar-refractivity contribution is 5.60.